The number of aryl methyl sites for hydroxylation is 1. The van der Waals surface area contributed by atoms with Gasteiger partial charge in [0.25, 0.3) is 5.56 Å². The summed E-state index contributed by atoms with van der Waals surface area (Å²) in [5, 5.41) is 3.46. The second kappa shape index (κ2) is 5.52. The minimum Gasteiger partial charge on any atom is -0.349 e. The second-order valence-corrected chi connectivity index (χ2v) is 5.12. The van der Waals surface area contributed by atoms with Crippen LogP contribution in [0, 0.1) is 0 Å². The molecule has 1 N–H and O–H groups in total. The molecule has 0 aromatic carbocycles. The van der Waals surface area contributed by atoms with Gasteiger partial charge < -0.3 is 14.8 Å². The average molecular weight is 250 g/mol. The van der Waals surface area contributed by atoms with Crippen molar-refractivity contribution in [1.82, 2.24) is 14.9 Å². The maximum absolute atomic E-state index is 12.3. The van der Waals surface area contributed by atoms with E-state index < -0.39 is 0 Å². The van der Waals surface area contributed by atoms with Gasteiger partial charge in [-0.05, 0) is 20.3 Å². The van der Waals surface area contributed by atoms with E-state index in [9.17, 15) is 4.79 Å². The zero-order valence-electron chi connectivity index (χ0n) is 11.4. The lowest BCUT2D eigenvalue weighted by Crippen LogP contribution is -2.55. The van der Waals surface area contributed by atoms with Gasteiger partial charge in [0.2, 0.25) is 0 Å². The number of aromatic nitrogens is 2. The lowest BCUT2D eigenvalue weighted by molar-refractivity contribution is 0.403. The summed E-state index contributed by atoms with van der Waals surface area (Å²) in [4.78, 5) is 18.7. The molecule has 1 saturated heterocycles. The van der Waals surface area contributed by atoms with Crippen molar-refractivity contribution in [1.29, 1.82) is 0 Å². The number of piperazine rings is 1. The minimum absolute atomic E-state index is 0.0284. The van der Waals surface area contributed by atoms with Crippen molar-refractivity contribution in [2.75, 3.05) is 18.0 Å². The van der Waals surface area contributed by atoms with Gasteiger partial charge in [-0.1, -0.05) is 6.92 Å². The van der Waals surface area contributed by atoms with Gasteiger partial charge in [0.1, 0.15) is 0 Å². The monoisotopic (exact) mass is 250 g/mol. The van der Waals surface area contributed by atoms with Crippen LogP contribution in [0.4, 0.5) is 5.82 Å². The molecule has 0 bridgehead atoms. The van der Waals surface area contributed by atoms with Gasteiger partial charge in [-0.25, -0.2) is 4.98 Å². The van der Waals surface area contributed by atoms with E-state index in [2.05, 4.69) is 36.0 Å². The molecule has 1 aromatic heterocycles. The molecule has 2 heterocycles. The normalized spacial score (nSPS) is 24.3. The minimum atomic E-state index is 0.0284. The molecule has 2 rings (SSSR count). The van der Waals surface area contributed by atoms with Gasteiger partial charge in [-0.15, -0.1) is 0 Å². The number of hydrogen-bond donors (Lipinski definition) is 1. The zero-order valence-corrected chi connectivity index (χ0v) is 11.4. The van der Waals surface area contributed by atoms with Gasteiger partial charge in [-0.2, -0.15) is 0 Å². The van der Waals surface area contributed by atoms with E-state index in [-0.39, 0.29) is 5.56 Å². The Labute approximate surface area is 108 Å². The molecule has 2 atom stereocenters. The fourth-order valence-corrected chi connectivity index (χ4v) is 2.57. The average Bonchev–Trinajstić information content (AvgIpc) is 2.31. The van der Waals surface area contributed by atoms with Gasteiger partial charge in [0.15, 0.2) is 5.82 Å². The Balaban J connectivity index is 2.27. The van der Waals surface area contributed by atoms with E-state index in [1.54, 1.807) is 17.0 Å². The highest BCUT2D eigenvalue weighted by Gasteiger charge is 2.23. The standard InChI is InChI=1S/C13H22N4O/c1-4-6-16-7-5-14-12(13(16)18)17-8-10(2)15-11(3)9-17/h5,7,10-11,15H,4,6,8-9H2,1-3H3. The first-order valence-electron chi connectivity index (χ1n) is 6.68. The van der Waals surface area contributed by atoms with Crippen LogP contribution in [-0.4, -0.2) is 34.7 Å². The third-order valence-electron chi connectivity index (χ3n) is 3.22. The van der Waals surface area contributed by atoms with E-state index in [1.807, 2.05) is 0 Å². The number of nitrogens with zero attached hydrogens (tertiary/aromatic N) is 3. The van der Waals surface area contributed by atoms with Crippen LogP contribution >= 0.6 is 0 Å². The van der Waals surface area contributed by atoms with E-state index in [1.165, 1.54) is 0 Å². The number of nitrogens with one attached hydrogen (secondary N) is 1. The summed E-state index contributed by atoms with van der Waals surface area (Å²) in [7, 11) is 0. The highest BCUT2D eigenvalue weighted by Crippen LogP contribution is 2.10. The maximum Gasteiger partial charge on any atom is 0.293 e. The first-order chi connectivity index (χ1) is 8.61. The summed E-state index contributed by atoms with van der Waals surface area (Å²) < 4.78 is 1.75. The Morgan fingerprint density at radius 1 is 1.39 bits per heavy atom. The summed E-state index contributed by atoms with van der Waals surface area (Å²) in [6.07, 6.45) is 4.45. The summed E-state index contributed by atoms with van der Waals surface area (Å²) in [6, 6.07) is 0.768. The molecule has 100 valence electrons. The number of anilines is 1. The van der Waals surface area contributed by atoms with Crippen molar-refractivity contribution in [2.45, 2.75) is 45.8 Å². The molecule has 1 aliphatic heterocycles. The third-order valence-corrected chi connectivity index (χ3v) is 3.22. The molecule has 5 nitrogen and oxygen atoms in total. The summed E-state index contributed by atoms with van der Waals surface area (Å²) >= 11 is 0. The molecule has 2 unspecified atom stereocenters. The lowest BCUT2D eigenvalue weighted by atomic mass is 10.1. The van der Waals surface area contributed by atoms with Crippen LogP contribution < -0.4 is 15.8 Å². The molecule has 0 spiro atoms. The maximum atomic E-state index is 12.3. The lowest BCUT2D eigenvalue weighted by Gasteiger charge is -2.36. The van der Waals surface area contributed by atoms with Crippen molar-refractivity contribution in [3.63, 3.8) is 0 Å². The molecule has 0 radical (unpaired) electrons. The topological polar surface area (TPSA) is 50.2 Å². The van der Waals surface area contributed by atoms with Crippen molar-refractivity contribution < 1.29 is 0 Å². The van der Waals surface area contributed by atoms with Crippen LogP contribution in [0.15, 0.2) is 17.2 Å². The summed E-state index contributed by atoms with van der Waals surface area (Å²) in [6.45, 7) is 8.77. The van der Waals surface area contributed by atoms with E-state index in [0.717, 1.165) is 26.1 Å². The highest BCUT2D eigenvalue weighted by molar-refractivity contribution is 5.37. The Morgan fingerprint density at radius 2 is 2.06 bits per heavy atom. The number of hydrogen-bond acceptors (Lipinski definition) is 4. The van der Waals surface area contributed by atoms with Crippen molar-refractivity contribution in [2.24, 2.45) is 0 Å². The predicted molar refractivity (Wildman–Crippen MR) is 73.1 cm³/mol. The summed E-state index contributed by atoms with van der Waals surface area (Å²) in [5.74, 6) is 0.589. The molecule has 0 saturated carbocycles. The first-order valence-corrected chi connectivity index (χ1v) is 6.68. The third kappa shape index (κ3) is 2.72. The van der Waals surface area contributed by atoms with Crippen LogP contribution in [0.1, 0.15) is 27.2 Å². The Kier molecular flexibility index (Phi) is 4.01. The second-order valence-electron chi connectivity index (χ2n) is 5.12. The van der Waals surface area contributed by atoms with Gasteiger partial charge in [-0.3, -0.25) is 4.79 Å². The molecular weight excluding hydrogens is 228 g/mol. The smallest absolute Gasteiger partial charge is 0.293 e. The molecule has 5 heteroatoms. The Hall–Kier alpha value is -1.36. The summed E-state index contributed by atoms with van der Waals surface area (Å²) in [5.41, 5.74) is 0.0284. The molecule has 0 amide bonds. The quantitative estimate of drug-likeness (QED) is 0.863. The SMILES string of the molecule is CCCn1ccnc(N2CC(C)NC(C)C2)c1=O. The van der Waals surface area contributed by atoms with E-state index in [4.69, 9.17) is 0 Å². The van der Waals surface area contributed by atoms with Crippen LogP contribution in [0.25, 0.3) is 0 Å². The van der Waals surface area contributed by atoms with Gasteiger partial charge in [0.05, 0.1) is 0 Å². The van der Waals surface area contributed by atoms with E-state index in [0.29, 0.717) is 17.9 Å². The zero-order chi connectivity index (χ0) is 13.1. The molecule has 18 heavy (non-hydrogen) atoms. The number of rotatable bonds is 3. The predicted octanol–water partition coefficient (Wildman–Crippen LogP) is 0.840. The molecule has 1 aromatic rings. The van der Waals surface area contributed by atoms with Crippen molar-refractivity contribution in [3.8, 4) is 0 Å². The van der Waals surface area contributed by atoms with Crippen LogP contribution in [-0.2, 0) is 6.54 Å². The molecule has 1 fully saturated rings. The Morgan fingerprint density at radius 3 is 2.67 bits per heavy atom. The van der Waals surface area contributed by atoms with Gasteiger partial charge >= 0.3 is 0 Å². The molecule has 0 aliphatic carbocycles. The van der Waals surface area contributed by atoms with Crippen LogP contribution in [0.5, 0.6) is 0 Å². The van der Waals surface area contributed by atoms with Crippen molar-refractivity contribution >= 4 is 5.82 Å². The Bertz CT molecular complexity index is 447. The molecular formula is C13H22N4O. The van der Waals surface area contributed by atoms with E-state index >= 15 is 0 Å². The fraction of sp³-hybridized carbons (Fsp3) is 0.692. The largest absolute Gasteiger partial charge is 0.349 e. The fourth-order valence-electron chi connectivity index (χ4n) is 2.57. The molecule has 1 aliphatic rings. The van der Waals surface area contributed by atoms with Crippen LogP contribution in [0.3, 0.4) is 0 Å². The van der Waals surface area contributed by atoms with Crippen LogP contribution in [0.2, 0.25) is 0 Å². The van der Waals surface area contributed by atoms with Gasteiger partial charge in [0, 0.05) is 44.1 Å². The highest BCUT2D eigenvalue weighted by atomic mass is 16.1. The van der Waals surface area contributed by atoms with Crippen molar-refractivity contribution in [3.05, 3.63) is 22.7 Å². The first kappa shape index (κ1) is 13.1.